The molecule has 9 atom stereocenters. The number of unbranched alkanes of at least 4 members (excludes halogenated alkanes) is 1. The number of hydrogen-bond donors (Lipinski definition) is 9. The topological polar surface area (TPSA) is 339 Å². The van der Waals surface area contributed by atoms with Crippen molar-refractivity contribution in [2.75, 3.05) is 32.5 Å². The fourth-order valence-electron chi connectivity index (χ4n) is 10.4. The zero-order valence-electron chi connectivity index (χ0n) is 52.8. The fourth-order valence-corrected chi connectivity index (χ4v) is 11.2. The molecule has 88 heavy (non-hydrogen) atoms. The van der Waals surface area contributed by atoms with Crippen LogP contribution in [-0.4, -0.2) is 143 Å². The quantitative estimate of drug-likeness (QED) is 0.0174. The first kappa shape index (κ1) is 73.0. The average molecular weight is 1250 g/mol. The third-order valence-electron chi connectivity index (χ3n) is 15.8. The Labute approximate surface area is 521 Å². The first-order valence-corrected chi connectivity index (χ1v) is 31.6. The second-order valence-electron chi connectivity index (χ2n) is 23.7. The number of urea groups is 1. The van der Waals surface area contributed by atoms with E-state index in [9.17, 15) is 47.9 Å². The number of thiazole rings is 1. The number of hydroxylamine groups is 1. The zero-order chi connectivity index (χ0) is 65.0. The summed E-state index contributed by atoms with van der Waals surface area (Å²) >= 11 is 1.16. The van der Waals surface area contributed by atoms with Gasteiger partial charge in [-0.3, -0.25) is 52.9 Å². The highest BCUT2D eigenvalue weighted by atomic mass is 32.1. The number of rotatable bonds is 37. The van der Waals surface area contributed by atoms with Gasteiger partial charge in [0, 0.05) is 68.8 Å². The standard InChI is InChI=1S/C63H95N11O13S/c1-11-40(6)55(71-59(82)49-23-16-18-33-73(49)9)62(84)74(10)50(38(2)3)35-51(87-42(8)75)61-69-48(37-88-61)58(81)67-46(31-26-43-20-13-12-14-21-43)34-41(7)56(79)72-86-36-44-27-29-45(30-28-44)66-57(80)47(22-15-17-32-65-63(64)85)68-60(83)54(39(4)5)70-52(76)24-19-25-53(77)78/h12-14,20-21,27-30,37-41,46-47,49-51,54-55H,11,15-19,22-26,31-36H2,1-10H3,(H,66,80)(H,67,81)(H,68,83)(H,70,76)(H,71,82)(H,72,79)(H,77,78)(H3,64,65,85)/t40-,41-,46-,47-,49+,50+,51+,54-,55-/m0/s1. The Balaban J connectivity index is 1.40. The summed E-state index contributed by atoms with van der Waals surface area (Å²) in [4.78, 5) is 144. The second kappa shape index (κ2) is 37.4. The van der Waals surface area contributed by atoms with Gasteiger partial charge in [0.2, 0.25) is 35.4 Å². The minimum absolute atomic E-state index is 0.0440. The van der Waals surface area contributed by atoms with Crippen LogP contribution in [0.2, 0.25) is 0 Å². The number of carbonyl (C=O) groups is 10. The summed E-state index contributed by atoms with van der Waals surface area (Å²) in [7, 11) is 3.63. The smallest absolute Gasteiger partial charge is 0.312 e. The zero-order valence-corrected chi connectivity index (χ0v) is 53.6. The van der Waals surface area contributed by atoms with Crippen LogP contribution in [0.3, 0.4) is 0 Å². The van der Waals surface area contributed by atoms with Gasteiger partial charge < -0.3 is 52.4 Å². The summed E-state index contributed by atoms with van der Waals surface area (Å²) in [5.41, 5.74) is 9.87. The molecule has 3 aromatic rings. The second-order valence-corrected chi connectivity index (χ2v) is 24.6. The number of likely N-dealkylation sites (N-methyl/N-ethyl adjacent to an activating group) is 2. The molecule has 0 unspecified atom stereocenters. The van der Waals surface area contributed by atoms with Crippen LogP contribution in [0.1, 0.15) is 172 Å². The molecule has 4 rings (SSSR count). The van der Waals surface area contributed by atoms with Crippen molar-refractivity contribution in [2.45, 2.75) is 194 Å². The van der Waals surface area contributed by atoms with Gasteiger partial charge >= 0.3 is 18.0 Å². The summed E-state index contributed by atoms with van der Waals surface area (Å²) in [6.07, 6.45) is 4.73. The number of aromatic nitrogens is 1. The predicted molar refractivity (Wildman–Crippen MR) is 334 cm³/mol. The number of nitrogens with two attached hydrogens (primary N) is 1. The Hall–Kier alpha value is -7.51. The van der Waals surface area contributed by atoms with Crippen LogP contribution in [0.15, 0.2) is 60.0 Å². The minimum atomic E-state index is -1.05. The number of amides is 9. The van der Waals surface area contributed by atoms with E-state index in [-0.39, 0.29) is 93.0 Å². The van der Waals surface area contributed by atoms with Crippen molar-refractivity contribution < 1.29 is 62.6 Å². The van der Waals surface area contributed by atoms with E-state index in [4.69, 9.17) is 20.4 Å². The van der Waals surface area contributed by atoms with Gasteiger partial charge in [-0.15, -0.1) is 11.3 Å². The maximum atomic E-state index is 14.4. The average Bonchev–Trinajstić information content (AvgIpc) is 2.59. The fraction of sp³-hybridized carbons (Fsp3) is 0.603. The van der Waals surface area contributed by atoms with E-state index in [0.717, 1.165) is 42.7 Å². The number of benzene rings is 2. The molecule has 0 spiro atoms. The Morgan fingerprint density at radius 2 is 1.50 bits per heavy atom. The van der Waals surface area contributed by atoms with E-state index in [1.807, 2.05) is 70.0 Å². The van der Waals surface area contributed by atoms with Crippen LogP contribution < -0.4 is 43.1 Å². The van der Waals surface area contributed by atoms with Crippen molar-refractivity contribution in [3.63, 3.8) is 0 Å². The maximum Gasteiger partial charge on any atom is 0.312 e. The van der Waals surface area contributed by atoms with Gasteiger partial charge in [-0.2, -0.15) is 0 Å². The number of piperidine rings is 1. The largest absolute Gasteiger partial charge is 0.481 e. The third kappa shape index (κ3) is 24.9. The molecular weight excluding hydrogens is 1150 g/mol. The molecule has 1 aliphatic heterocycles. The number of nitrogens with one attached hydrogen (secondary N) is 7. The summed E-state index contributed by atoms with van der Waals surface area (Å²) in [5, 5.41) is 27.8. The lowest BCUT2D eigenvalue weighted by molar-refractivity contribution is -0.149. The number of hydrogen-bond acceptors (Lipinski definition) is 15. The molecule has 1 fully saturated rings. The number of esters is 1. The minimum Gasteiger partial charge on any atom is -0.481 e. The Kier molecular flexibility index (Phi) is 31.0. The van der Waals surface area contributed by atoms with Crippen LogP contribution in [-0.2, 0) is 61.0 Å². The highest BCUT2D eigenvalue weighted by Gasteiger charge is 2.38. The van der Waals surface area contributed by atoms with Crippen molar-refractivity contribution >= 4 is 76.3 Å². The predicted octanol–water partition coefficient (Wildman–Crippen LogP) is 6.30. The number of anilines is 1. The van der Waals surface area contributed by atoms with Crippen molar-refractivity contribution in [1.29, 1.82) is 0 Å². The van der Waals surface area contributed by atoms with E-state index < -0.39 is 89.7 Å². The van der Waals surface area contributed by atoms with Crippen molar-refractivity contribution in [1.82, 2.24) is 46.8 Å². The van der Waals surface area contributed by atoms with Gasteiger partial charge in [0.25, 0.3) is 5.91 Å². The van der Waals surface area contributed by atoms with Gasteiger partial charge in [-0.25, -0.2) is 15.3 Å². The molecule has 25 heteroatoms. The highest BCUT2D eigenvalue weighted by molar-refractivity contribution is 7.09. The van der Waals surface area contributed by atoms with Crippen molar-refractivity contribution in [3.05, 3.63) is 81.8 Å². The molecule has 24 nitrogen and oxygen atoms in total. The number of nitrogens with zero attached hydrogens (tertiary/aromatic N) is 3. The van der Waals surface area contributed by atoms with Gasteiger partial charge in [0.05, 0.1) is 12.6 Å². The van der Waals surface area contributed by atoms with E-state index in [1.165, 1.54) is 6.92 Å². The normalized spacial score (nSPS) is 16.1. The number of aryl methyl sites for hydroxylation is 1. The van der Waals surface area contributed by atoms with E-state index in [2.05, 4.69) is 42.4 Å². The summed E-state index contributed by atoms with van der Waals surface area (Å²) in [6, 6.07) is 11.5. The van der Waals surface area contributed by atoms with Gasteiger partial charge in [0.1, 0.15) is 28.8 Å². The Bertz CT molecular complexity index is 2770. The lowest BCUT2D eigenvalue weighted by Crippen LogP contribution is -2.58. The van der Waals surface area contributed by atoms with Gasteiger partial charge in [-0.05, 0) is 112 Å². The number of carboxylic acids is 1. The lowest BCUT2D eigenvalue weighted by Gasteiger charge is -2.38. The van der Waals surface area contributed by atoms with Crippen LogP contribution in [0.5, 0.6) is 0 Å². The number of likely N-dealkylation sites (tertiary alicyclic amines) is 1. The number of carbonyl (C=O) groups excluding carboxylic acids is 9. The SMILES string of the molecule is CC[C@H](C)[C@H](NC(=O)[C@H]1CCCCN1C)C(=O)N(C)[C@H](C[C@@H](OC(C)=O)c1nc(C(=O)N[C@@H](CCc2ccccc2)C[C@H](C)C(=O)NOCc2ccc(NC(=O)[C@H](CCCCNC(N)=O)NC(=O)[C@@H](NC(=O)CCCC(=O)O)C(C)C)cc2)cs1)C(C)C. The lowest BCUT2D eigenvalue weighted by atomic mass is 9.92. The molecule has 9 amide bonds. The van der Waals surface area contributed by atoms with Crippen LogP contribution in [0.4, 0.5) is 10.5 Å². The number of aliphatic carboxylic acids is 1. The first-order valence-electron chi connectivity index (χ1n) is 30.7. The summed E-state index contributed by atoms with van der Waals surface area (Å²) in [6.45, 7) is 15.4. The molecule has 1 aliphatic rings. The molecule has 1 aromatic heterocycles. The van der Waals surface area contributed by atoms with Crippen molar-refractivity contribution in [2.24, 2.45) is 29.4 Å². The monoisotopic (exact) mass is 1250 g/mol. The Morgan fingerprint density at radius 1 is 0.795 bits per heavy atom. The third-order valence-corrected chi connectivity index (χ3v) is 16.8. The van der Waals surface area contributed by atoms with E-state index >= 15 is 0 Å². The molecule has 0 bridgehead atoms. The molecule has 2 heterocycles. The number of ether oxygens (including phenoxy) is 1. The number of carboxylic acid groups (broad SMARTS) is 1. The van der Waals surface area contributed by atoms with Crippen LogP contribution in [0, 0.1) is 23.7 Å². The molecule has 0 radical (unpaired) electrons. The molecule has 10 N–H and O–H groups in total. The molecule has 2 aromatic carbocycles. The van der Waals surface area contributed by atoms with E-state index in [1.54, 1.807) is 62.4 Å². The molecule has 486 valence electrons. The van der Waals surface area contributed by atoms with Crippen molar-refractivity contribution in [3.8, 4) is 0 Å². The molecule has 1 saturated heterocycles. The van der Waals surface area contributed by atoms with Gasteiger partial charge in [-0.1, -0.05) is 104 Å². The van der Waals surface area contributed by atoms with Crippen LogP contribution in [0.25, 0.3) is 0 Å². The van der Waals surface area contributed by atoms with Crippen LogP contribution >= 0.6 is 11.3 Å². The van der Waals surface area contributed by atoms with Gasteiger partial charge in [0.15, 0.2) is 6.10 Å². The molecule has 0 aliphatic carbocycles. The molecular formula is C63H95N11O13S. The van der Waals surface area contributed by atoms with E-state index in [0.29, 0.717) is 48.4 Å². The Morgan fingerprint density at radius 3 is 2.12 bits per heavy atom. The highest BCUT2D eigenvalue weighted by Crippen LogP contribution is 2.31. The summed E-state index contributed by atoms with van der Waals surface area (Å²) < 4.78 is 5.87. The first-order chi connectivity index (χ1) is 41.8. The number of primary amides is 1. The molecule has 0 saturated carbocycles. The maximum absolute atomic E-state index is 14.4. The summed E-state index contributed by atoms with van der Waals surface area (Å²) in [5.74, 6) is -5.86.